The van der Waals surface area contributed by atoms with E-state index in [1.165, 1.54) is 30.3 Å². The van der Waals surface area contributed by atoms with Crippen LogP contribution in [0.4, 0.5) is 10.1 Å². The van der Waals surface area contributed by atoms with Crippen LogP contribution in [0.2, 0.25) is 0 Å². The first-order chi connectivity index (χ1) is 19.0. The van der Waals surface area contributed by atoms with Crippen molar-refractivity contribution in [3.63, 3.8) is 0 Å². The zero-order valence-electron chi connectivity index (χ0n) is 21.2. The number of aliphatic hydroxyl groups is 1. The summed E-state index contributed by atoms with van der Waals surface area (Å²) in [7, 11) is -7.84. The molecule has 3 heterocycles. The van der Waals surface area contributed by atoms with E-state index in [1.54, 1.807) is 23.1 Å². The molecule has 2 N–H and O–H groups in total. The average molecular weight is 584 g/mol. The Bertz CT molecular complexity index is 1780. The first-order valence-corrected chi connectivity index (χ1v) is 16.3. The van der Waals surface area contributed by atoms with Crippen LogP contribution in [0, 0.1) is 23.6 Å². The number of benzene rings is 2. The number of aliphatic hydroxyl groups excluding tert-OH is 1. The number of amides is 1. The summed E-state index contributed by atoms with van der Waals surface area (Å²) in [4.78, 5) is 15.5. The summed E-state index contributed by atoms with van der Waals surface area (Å²) < 4.78 is 69.0. The van der Waals surface area contributed by atoms with E-state index in [0.717, 1.165) is 24.8 Å². The van der Waals surface area contributed by atoms with E-state index in [2.05, 4.69) is 9.71 Å². The van der Waals surface area contributed by atoms with Crippen molar-refractivity contribution in [2.75, 3.05) is 11.1 Å². The van der Waals surface area contributed by atoms with Gasteiger partial charge in [0.2, 0.25) is 0 Å². The number of anilines is 1. The van der Waals surface area contributed by atoms with Gasteiger partial charge >= 0.3 is 0 Å². The van der Waals surface area contributed by atoms with Crippen LogP contribution in [0.3, 0.4) is 0 Å². The normalized spacial score (nSPS) is 29.5. The molecular weight excluding hydrogens is 557 g/mol. The second-order valence-electron chi connectivity index (χ2n) is 11.1. The Morgan fingerprint density at radius 2 is 1.80 bits per heavy atom. The maximum absolute atomic E-state index is 14.0. The second kappa shape index (κ2) is 8.74. The highest BCUT2D eigenvalue weighted by Crippen LogP contribution is 2.55. The summed E-state index contributed by atoms with van der Waals surface area (Å²) in [5.41, 5.74) is 0.928. The Labute approximate surface area is 231 Å². The molecule has 2 aromatic carbocycles. The molecule has 5 aliphatic rings. The van der Waals surface area contributed by atoms with Gasteiger partial charge in [-0.1, -0.05) is 24.3 Å². The van der Waals surface area contributed by atoms with E-state index in [9.17, 15) is 31.1 Å². The molecular formula is C28H26FN3O6S2. The van der Waals surface area contributed by atoms with Gasteiger partial charge in [-0.25, -0.2) is 12.8 Å². The zero-order valence-corrected chi connectivity index (χ0v) is 22.9. The van der Waals surface area contributed by atoms with Gasteiger partial charge in [0.05, 0.1) is 16.3 Å². The van der Waals surface area contributed by atoms with Gasteiger partial charge in [-0.15, -0.1) is 4.40 Å². The van der Waals surface area contributed by atoms with Gasteiger partial charge in [0.15, 0.2) is 15.7 Å². The van der Waals surface area contributed by atoms with Crippen molar-refractivity contribution in [2.45, 2.75) is 43.2 Å². The molecule has 12 heteroatoms. The molecule has 0 saturated heterocycles. The monoisotopic (exact) mass is 583 g/mol. The van der Waals surface area contributed by atoms with E-state index in [0.29, 0.717) is 6.42 Å². The van der Waals surface area contributed by atoms with E-state index in [4.69, 9.17) is 0 Å². The maximum atomic E-state index is 14.0. The molecule has 2 saturated carbocycles. The number of allylic oxidation sites excluding steroid dienone is 1. The van der Waals surface area contributed by atoms with Crippen molar-refractivity contribution in [2.24, 2.45) is 22.2 Å². The lowest BCUT2D eigenvalue weighted by Gasteiger charge is -2.44. The quantitative estimate of drug-likeness (QED) is 0.560. The smallest absolute Gasteiger partial charge is 0.286 e. The topological polar surface area (TPSA) is 133 Å². The number of amidine groups is 1. The Morgan fingerprint density at radius 1 is 1.05 bits per heavy atom. The predicted molar refractivity (Wildman–Crippen MR) is 146 cm³/mol. The number of sulfone groups is 1. The van der Waals surface area contributed by atoms with Crippen LogP contribution in [-0.4, -0.2) is 50.4 Å². The number of sulfonamides is 1. The first-order valence-electron chi connectivity index (χ1n) is 13.2. The number of rotatable bonds is 4. The third kappa shape index (κ3) is 3.83. The molecule has 40 heavy (non-hydrogen) atoms. The third-order valence-corrected chi connectivity index (χ3v) is 12.0. The van der Waals surface area contributed by atoms with Crippen LogP contribution in [-0.2, 0) is 31.2 Å². The highest BCUT2D eigenvalue weighted by molar-refractivity contribution is 8.00. The van der Waals surface area contributed by atoms with Crippen molar-refractivity contribution >= 4 is 42.2 Å². The molecule has 7 rings (SSSR count). The molecule has 208 valence electrons. The minimum Gasteiger partial charge on any atom is -0.511 e. The van der Waals surface area contributed by atoms with Crippen LogP contribution < -0.4 is 5.32 Å². The largest absolute Gasteiger partial charge is 0.511 e. The van der Waals surface area contributed by atoms with E-state index < -0.39 is 25.8 Å². The summed E-state index contributed by atoms with van der Waals surface area (Å²) in [5, 5.41) is 14.4. The fourth-order valence-corrected chi connectivity index (χ4v) is 9.79. The summed E-state index contributed by atoms with van der Waals surface area (Å²) in [6.45, 7) is 0.184. The Balaban J connectivity index is 1.29. The number of halogens is 1. The summed E-state index contributed by atoms with van der Waals surface area (Å²) in [5.74, 6) is -1.34. The Hall–Kier alpha value is -3.51. The van der Waals surface area contributed by atoms with Crippen LogP contribution in [0.1, 0.15) is 36.8 Å². The molecule has 9 nitrogen and oxygen atoms in total. The number of hydrogen-bond donors (Lipinski definition) is 2. The minimum atomic E-state index is -4.34. The summed E-state index contributed by atoms with van der Waals surface area (Å²) in [6.07, 6.45) is 4.64. The molecule has 4 atom stereocenters. The highest BCUT2D eigenvalue weighted by atomic mass is 32.2. The lowest BCUT2D eigenvalue weighted by atomic mass is 9.77. The van der Waals surface area contributed by atoms with Gasteiger partial charge < -0.3 is 15.3 Å². The van der Waals surface area contributed by atoms with Crippen molar-refractivity contribution in [3.8, 4) is 0 Å². The number of carbonyl (C=O) groups is 1. The summed E-state index contributed by atoms with van der Waals surface area (Å²) in [6, 6.07) is 9.87. The van der Waals surface area contributed by atoms with Crippen molar-refractivity contribution < 1.29 is 31.1 Å². The van der Waals surface area contributed by atoms with Gasteiger partial charge in [0.1, 0.15) is 22.0 Å². The van der Waals surface area contributed by atoms with Gasteiger partial charge in [-0.2, -0.15) is 8.42 Å². The standard InChI is InChI=1S/C28H26FN3O6S2/c29-19-8-3-15(4-9-19)14-32-25-18-6-5-17(12-18)23(25)26(33)24(28(32)34)27-30-20-10-7-16(13-22(20)40(37,38)31-27)21-2-1-11-39(21,35)36/h2-4,7-10,13,17-18,23,25,33H,1,5-6,11-12,14H2,(H,30,31)/t17-,18-,23+,25-/m0/s1. The van der Waals surface area contributed by atoms with Gasteiger partial charge in [-0.3, -0.25) is 4.79 Å². The van der Waals surface area contributed by atoms with Crippen molar-refractivity contribution in [1.29, 1.82) is 0 Å². The van der Waals surface area contributed by atoms with Crippen molar-refractivity contribution in [1.82, 2.24) is 4.90 Å². The zero-order chi connectivity index (χ0) is 28.0. The SMILES string of the molecule is O=C1C(C2=NS(=O)(=O)c3cc(C4=CCCS4(=O)=O)ccc3N2)=C(O)[C@@H]2[C@H]3CC[C@@H](C3)[C@@H]2N1Cc1ccc(F)cc1. The van der Waals surface area contributed by atoms with Gasteiger partial charge in [0, 0.05) is 18.5 Å². The average Bonchev–Trinajstić information content (AvgIpc) is 3.62. The third-order valence-electron chi connectivity index (χ3n) is 8.84. The lowest BCUT2D eigenvalue weighted by molar-refractivity contribution is -0.134. The number of hydrogen-bond acceptors (Lipinski definition) is 7. The second-order valence-corrected chi connectivity index (χ2v) is 14.7. The molecule has 0 unspecified atom stereocenters. The van der Waals surface area contributed by atoms with Gasteiger partial charge in [-0.05, 0) is 72.9 Å². The fourth-order valence-electron chi connectivity index (χ4n) is 7.14. The molecule has 2 bridgehead atoms. The Morgan fingerprint density at radius 3 is 2.52 bits per heavy atom. The molecule has 2 fully saturated rings. The van der Waals surface area contributed by atoms with Crippen LogP contribution in [0.5, 0.6) is 0 Å². The molecule has 1 amide bonds. The number of nitrogens with one attached hydrogen (secondary N) is 1. The lowest BCUT2D eigenvalue weighted by Crippen LogP contribution is -2.53. The predicted octanol–water partition coefficient (Wildman–Crippen LogP) is 3.77. The van der Waals surface area contributed by atoms with Gasteiger partial charge in [0.25, 0.3) is 15.9 Å². The minimum absolute atomic E-state index is 0.0271. The number of fused-ring (bicyclic) bond motifs is 6. The summed E-state index contributed by atoms with van der Waals surface area (Å²) >= 11 is 0. The van der Waals surface area contributed by atoms with E-state index in [-0.39, 0.29) is 80.1 Å². The Kier molecular flexibility index (Phi) is 5.56. The van der Waals surface area contributed by atoms with Crippen molar-refractivity contribution in [3.05, 3.63) is 76.8 Å². The number of carbonyl (C=O) groups excluding carboxylic acids is 1. The van der Waals surface area contributed by atoms with E-state index in [1.807, 2.05) is 0 Å². The first kappa shape index (κ1) is 25.5. The highest BCUT2D eigenvalue weighted by Gasteiger charge is 2.57. The molecule has 2 aromatic rings. The van der Waals surface area contributed by atoms with E-state index >= 15 is 0 Å². The fraction of sp³-hybridized carbons (Fsp3) is 0.357. The van der Waals surface area contributed by atoms with Crippen LogP contribution in [0.25, 0.3) is 4.91 Å². The molecule has 0 radical (unpaired) electrons. The molecule has 0 spiro atoms. The molecule has 0 aromatic heterocycles. The van der Waals surface area contributed by atoms with Crippen LogP contribution in [0.15, 0.2) is 69.2 Å². The number of nitrogens with zero attached hydrogens (tertiary/aromatic N) is 2. The molecule has 3 aliphatic heterocycles. The molecule has 2 aliphatic carbocycles. The maximum Gasteiger partial charge on any atom is 0.286 e. The van der Waals surface area contributed by atoms with Crippen LogP contribution >= 0.6 is 0 Å².